The Hall–Kier alpha value is -0.830. The summed E-state index contributed by atoms with van der Waals surface area (Å²) in [4.78, 5) is 0. The molecule has 0 radical (unpaired) electrons. The summed E-state index contributed by atoms with van der Waals surface area (Å²) in [6, 6.07) is 2.48. The summed E-state index contributed by atoms with van der Waals surface area (Å²) in [6.07, 6.45) is 7.21. The summed E-state index contributed by atoms with van der Waals surface area (Å²) < 4.78 is 2.00. The predicted molar refractivity (Wildman–Crippen MR) is 70.8 cm³/mol. The number of rotatable bonds is 4. The van der Waals surface area contributed by atoms with Gasteiger partial charge in [-0.05, 0) is 30.7 Å². The van der Waals surface area contributed by atoms with Crippen LogP contribution in [0.4, 0.5) is 0 Å². The van der Waals surface area contributed by atoms with Crippen LogP contribution in [0, 0.1) is 5.41 Å². The van der Waals surface area contributed by atoms with E-state index in [1.807, 2.05) is 11.7 Å². The SMILES string of the molecule is CCc1cc(CC(N)C2(C)CCCC2)n(C)n1. The number of nitrogens with two attached hydrogens (primary N) is 1. The zero-order valence-corrected chi connectivity index (χ0v) is 11.4. The molecule has 17 heavy (non-hydrogen) atoms. The largest absolute Gasteiger partial charge is 0.327 e. The number of hydrogen-bond acceptors (Lipinski definition) is 2. The molecule has 0 amide bonds. The lowest BCUT2D eigenvalue weighted by Crippen LogP contribution is -2.39. The normalized spacial score (nSPS) is 20.7. The third kappa shape index (κ3) is 2.54. The quantitative estimate of drug-likeness (QED) is 0.871. The Balaban J connectivity index is 2.06. The van der Waals surface area contributed by atoms with E-state index < -0.39 is 0 Å². The molecule has 1 aliphatic carbocycles. The van der Waals surface area contributed by atoms with Crippen LogP contribution in [0.1, 0.15) is 50.9 Å². The van der Waals surface area contributed by atoms with E-state index in [1.165, 1.54) is 37.1 Å². The van der Waals surface area contributed by atoms with Crippen molar-refractivity contribution in [3.8, 4) is 0 Å². The summed E-state index contributed by atoms with van der Waals surface area (Å²) >= 11 is 0. The average Bonchev–Trinajstić information content (AvgIpc) is 2.87. The Bertz CT molecular complexity index is 375. The van der Waals surface area contributed by atoms with Gasteiger partial charge in [0.1, 0.15) is 0 Å². The van der Waals surface area contributed by atoms with Gasteiger partial charge in [0.2, 0.25) is 0 Å². The molecular formula is C14H25N3. The van der Waals surface area contributed by atoms with Crippen LogP contribution in [-0.4, -0.2) is 15.8 Å². The molecule has 0 bridgehead atoms. The van der Waals surface area contributed by atoms with Crippen molar-refractivity contribution in [3.63, 3.8) is 0 Å². The minimum absolute atomic E-state index is 0.269. The van der Waals surface area contributed by atoms with Gasteiger partial charge in [0, 0.05) is 25.2 Å². The van der Waals surface area contributed by atoms with Crippen LogP contribution in [-0.2, 0) is 19.9 Å². The van der Waals surface area contributed by atoms with Gasteiger partial charge < -0.3 is 5.73 Å². The van der Waals surface area contributed by atoms with E-state index in [4.69, 9.17) is 5.73 Å². The zero-order valence-electron chi connectivity index (χ0n) is 11.4. The first-order valence-electron chi connectivity index (χ1n) is 6.82. The number of hydrogen-bond donors (Lipinski definition) is 1. The van der Waals surface area contributed by atoms with E-state index >= 15 is 0 Å². The van der Waals surface area contributed by atoms with Crippen LogP contribution in [0.3, 0.4) is 0 Å². The molecule has 1 heterocycles. The molecule has 1 aromatic heterocycles. The van der Waals surface area contributed by atoms with E-state index in [0.29, 0.717) is 5.41 Å². The Labute approximate surface area is 104 Å². The van der Waals surface area contributed by atoms with E-state index in [0.717, 1.165) is 12.8 Å². The van der Waals surface area contributed by atoms with Crippen molar-refractivity contribution in [3.05, 3.63) is 17.5 Å². The van der Waals surface area contributed by atoms with Crippen LogP contribution >= 0.6 is 0 Å². The van der Waals surface area contributed by atoms with Gasteiger partial charge >= 0.3 is 0 Å². The molecular weight excluding hydrogens is 210 g/mol. The van der Waals surface area contributed by atoms with Crippen molar-refractivity contribution in [2.75, 3.05) is 0 Å². The molecule has 3 nitrogen and oxygen atoms in total. The fourth-order valence-electron chi connectivity index (χ4n) is 2.96. The zero-order chi connectivity index (χ0) is 12.5. The van der Waals surface area contributed by atoms with Crippen LogP contribution < -0.4 is 5.73 Å². The lowest BCUT2D eigenvalue weighted by atomic mass is 9.79. The Morgan fingerprint density at radius 2 is 2.12 bits per heavy atom. The molecule has 96 valence electrons. The summed E-state index contributed by atoms with van der Waals surface area (Å²) in [5.74, 6) is 0. The minimum Gasteiger partial charge on any atom is -0.327 e. The molecule has 0 saturated heterocycles. The smallest absolute Gasteiger partial charge is 0.0624 e. The van der Waals surface area contributed by atoms with Gasteiger partial charge in [-0.25, -0.2) is 0 Å². The number of aryl methyl sites for hydroxylation is 2. The first kappa shape index (κ1) is 12.6. The molecule has 0 aromatic carbocycles. The average molecular weight is 235 g/mol. The standard InChI is InChI=1S/C14H25N3/c1-4-11-9-12(17(3)16-11)10-13(15)14(2)7-5-6-8-14/h9,13H,4-8,10,15H2,1-3H3. The van der Waals surface area contributed by atoms with Gasteiger partial charge in [-0.1, -0.05) is 26.7 Å². The van der Waals surface area contributed by atoms with E-state index in [2.05, 4.69) is 25.0 Å². The molecule has 1 aliphatic rings. The van der Waals surface area contributed by atoms with Gasteiger partial charge in [-0.2, -0.15) is 5.10 Å². The van der Waals surface area contributed by atoms with Crippen molar-refractivity contribution >= 4 is 0 Å². The Morgan fingerprint density at radius 3 is 2.65 bits per heavy atom. The van der Waals surface area contributed by atoms with Gasteiger partial charge in [0.25, 0.3) is 0 Å². The van der Waals surface area contributed by atoms with Gasteiger partial charge in [0.05, 0.1) is 5.69 Å². The number of nitrogens with zero attached hydrogens (tertiary/aromatic N) is 2. The van der Waals surface area contributed by atoms with Crippen LogP contribution in [0.25, 0.3) is 0 Å². The topological polar surface area (TPSA) is 43.8 Å². The molecule has 1 unspecified atom stereocenters. The summed E-state index contributed by atoms with van der Waals surface area (Å²) in [5.41, 5.74) is 9.22. The van der Waals surface area contributed by atoms with E-state index in [1.54, 1.807) is 0 Å². The minimum atomic E-state index is 0.269. The lowest BCUT2D eigenvalue weighted by Gasteiger charge is -2.31. The second-order valence-corrected chi connectivity index (χ2v) is 5.78. The summed E-state index contributed by atoms with van der Waals surface area (Å²) in [6.45, 7) is 4.49. The summed E-state index contributed by atoms with van der Waals surface area (Å²) in [5, 5.41) is 4.49. The molecule has 1 atom stereocenters. The monoisotopic (exact) mass is 235 g/mol. The second-order valence-electron chi connectivity index (χ2n) is 5.78. The predicted octanol–water partition coefficient (Wildman–Crippen LogP) is 2.43. The first-order chi connectivity index (χ1) is 8.05. The summed E-state index contributed by atoms with van der Waals surface area (Å²) in [7, 11) is 2.03. The van der Waals surface area contributed by atoms with Gasteiger partial charge in [-0.15, -0.1) is 0 Å². The lowest BCUT2D eigenvalue weighted by molar-refractivity contribution is 0.257. The molecule has 0 aliphatic heterocycles. The molecule has 1 fully saturated rings. The highest BCUT2D eigenvalue weighted by Crippen LogP contribution is 2.40. The molecule has 1 saturated carbocycles. The highest BCUT2D eigenvalue weighted by atomic mass is 15.3. The third-order valence-electron chi connectivity index (χ3n) is 4.46. The third-order valence-corrected chi connectivity index (χ3v) is 4.46. The van der Waals surface area contributed by atoms with Crippen molar-refractivity contribution in [1.82, 2.24) is 9.78 Å². The maximum atomic E-state index is 6.42. The fourth-order valence-corrected chi connectivity index (χ4v) is 2.96. The molecule has 0 spiro atoms. The first-order valence-corrected chi connectivity index (χ1v) is 6.82. The molecule has 1 aromatic rings. The maximum absolute atomic E-state index is 6.42. The Morgan fingerprint density at radius 1 is 1.47 bits per heavy atom. The molecule has 2 rings (SSSR count). The van der Waals surface area contributed by atoms with E-state index in [-0.39, 0.29) is 6.04 Å². The van der Waals surface area contributed by atoms with Crippen molar-refractivity contribution in [1.29, 1.82) is 0 Å². The van der Waals surface area contributed by atoms with Crippen LogP contribution in [0.2, 0.25) is 0 Å². The van der Waals surface area contributed by atoms with Crippen molar-refractivity contribution in [2.45, 2.75) is 58.4 Å². The molecule has 3 heteroatoms. The van der Waals surface area contributed by atoms with Crippen LogP contribution in [0.15, 0.2) is 6.07 Å². The fraction of sp³-hybridized carbons (Fsp3) is 0.786. The highest BCUT2D eigenvalue weighted by molar-refractivity contribution is 5.12. The van der Waals surface area contributed by atoms with Crippen molar-refractivity contribution in [2.24, 2.45) is 18.2 Å². The van der Waals surface area contributed by atoms with Gasteiger partial charge in [-0.3, -0.25) is 4.68 Å². The molecule has 2 N–H and O–H groups in total. The highest BCUT2D eigenvalue weighted by Gasteiger charge is 2.35. The van der Waals surface area contributed by atoms with E-state index in [9.17, 15) is 0 Å². The second kappa shape index (κ2) is 4.81. The van der Waals surface area contributed by atoms with Gasteiger partial charge in [0.15, 0.2) is 0 Å². The maximum Gasteiger partial charge on any atom is 0.0624 e. The Kier molecular flexibility index (Phi) is 3.57. The number of aromatic nitrogens is 2. The van der Waals surface area contributed by atoms with Crippen molar-refractivity contribution < 1.29 is 0 Å². The van der Waals surface area contributed by atoms with Crippen LogP contribution in [0.5, 0.6) is 0 Å².